The number of hydrogen-bond donors (Lipinski definition) is 1. The van der Waals surface area contributed by atoms with Gasteiger partial charge in [0.15, 0.2) is 0 Å². The van der Waals surface area contributed by atoms with Crippen molar-refractivity contribution in [3.05, 3.63) is 60.2 Å². The second kappa shape index (κ2) is 8.75. The maximum absolute atomic E-state index is 13.0. The van der Waals surface area contributed by atoms with Crippen molar-refractivity contribution in [2.24, 2.45) is 5.92 Å². The lowest BCUT2D eigenvalue weighted by atomic mass is 9.98. The van der Waals surface area contributed by atoms with E-state index in [1.807, 2.05) is 37.3 Å². The standard InChI is InChI=1S/C21H26N2O4S/c1-16(17-7-4-3-5-8-17)22-21(24)18-9-6-14-23(15-18)28(25,26)20-12-10-19(27-2)11-13-20/h3-5,7-8,10-13,16,18H,6,9,14-15H2,1-2H3,(H,22,24). The molecule has 0 radical (unpaired) electrons. The predicted molar refractivity (Wildman–Crippen MR) is 107 cm³/mol. The molecule has 2 unspecified atom stereocenters. The van der Waals surface area contributed by atoms with Gasteiger partial charge in [0.1, 0.15) is 5.75 Å². The highest BCUT2D eigenvalue weighted by Crippen LogP contribution is 2.26. The third kappa shape index (κ3) is 4.54. The van der Waals surface area contributed by atoms with Crippen molar-refractivity contribution in [3.8, 4) is 5.75 Å². The summed E-state index contributed by atoms with van der Waals surface area (Å²) in [4.78, 5) is 12.9. The van der Waals surface area contributed by atoms with Crippen LogP contribution in [0.3, 0.4) is 0 Å². The molecule has 0 spiro atoms. The normalized spacial score (nSPS) is 19.0. The molecule has 1 aliphatic heterocycles. The summed E-state index contributed by atoms with van der Waals surface area (Å²) >= 11 is 0. The number of nitrogens with zero attached hydrogens (tertiary/aromatic N) is 1. The van der Waals surface area contributed by atoms with Crippen molar-refractivity contribution in [3.63, 3.8) is 0 Å². The second-order valence-electron chi connectivity index (χ2n) is 7.02. The van der Waals surface area contributed by atoms with Crippen LogP contribution in [0.1, 0.15) is 31.4 Å². The monoisotopic (exact) mass is 402 g/mol. The quantitative estimate of drug-likeness (QED) is 0.806. The van der Waals surface area contributed by atoms with Gasteiger partial charge in [0.05, 0.1) is 24.0 Å². The fraction of sp³-hybridized carbons (Fsp3) is 0.381. The summed E-state index contributed by atoms with van der Waals surface area (Å²) in [5.74, 6) is 0.142. The number of piperidine rings is 1. The molecule has 1 heterocycles. The number of carbonyl (C=O) groups excluding carboxylic acids is 1. The summed E-state index contributed by atoms with van der Waals surface area (Å²) in [6.07, 6.45) is 1.34. The van der Waals surface area contributed by atoms with Crippen LogP contribution in [-0.4, -0.2) is 38.8 Å². The molecular weight excluding hydrogens is 376 g/mol. The van der Waals surface area contributed by atoms with Crippen LogP contribution < -0.4 is 10.1 Å². The molecule has 1 aliphatic rings. The minimum Gasteiger partial charge on any atom is -0.497 e. The third-order valence-electron chi connectivity index (χ3n) is 5.11. The lowest BCUT2D eigenvalue weighted by molar-refractivity contribution is -0.126. The Bertz CT molecular complexity index is 898. The number of amides is 1. The molecule has 28 heavy (non-hydrogen) atoms. The van der Waals surface area contributed by atoms with Crippen LogP contribution in [-0.2, 0) is 14.8 Å². The average molecular weight is 403 g/mol. The molecule has 150 valence electrons. The number of rotatable bonds is 6. The van der Waals surface area contributed by atoms with E-state index in [0.717, 1.165) is 5.56 Å². The molecule has 1 amide bonds. The Labute approximate surface area is 166 Å². The topological polar surface area (TPSA) is 75.7 Å². The van der Waals surface area contributed by atoms with E-state index in [-0.39, 0.29) is 29.3 Å². The van der Waals surface area contributed by atoms with E-state index in [9.17, 15) is 13.2 Å². The zero-order valence-electron chi connectivity index (χ0n) is 16.2. The number of nitrogens with one attached hydrogen (secondary N) is 1. The van der Waals surface area contributed by atoms with Gasteiger partial charge in [-0.3, -0.25) is 4.79 Å². The molecule has 2 aromatic rings. The van der Waals surface area contributed by atoms with Crippen molar-refractivity contribution in [2.75, 3.05) is 20.2 Å². The summed E-state index contributed by atoms with van der Waals surface area (Å²) in [7, 11) is -2.10. The van der Waals surface area contributed by atoms with Gasteiger partial charge < -0.3 is 10.1 Å². The Morgan fingerprint density at radius 3 is 2.46 bits per heavy atom. The summed E-state index contributed by atoms with van der Waals surface area (Å²) in [6, 6.07) is 15.9. The first-order valence-corrected chi connectivity index (χ1v) is 10.9. The van der Waals surface area contributed by atoms with E-state index < -0.39 is 10.0 Å². The molecule has 0 aliphatic carbocycles. The van der Waals surface area contributed by atoms with Gasteiger partial charge >= 0.3 is 0 Å². The van der Waals surface area contributed by atoms with Gasteiger partial charge in [-0.15, -0.1) is 0 Å². The highest BCUT2D eigenvalue weighted by Gasteiger charge is 2.33. The van der Waals surface area contributed by atoms with Crippen molar-refractivity contribution < 1.29 is 17.9 Å². The molecule has 6 nitrogen and oxygen atoms in total. The molecule has 3 rings (SSSR count). The number of ether oxygens (including phenoxy) is 1. The highest BCUT2D eigenvalue weighted by atomic mass is 32.2. The Balaban J connectivity index is 1.68. The Morgan fingerprint density at radius 1 is 1.14 bits per heavy atom. The maximum atomic E-state index is 13.0. The lowest BCUT2D eigenvalue weighted by Crippen LogP contribution is -2.45. The first-order chi connectivity index (χ1) is 13.4. The molecule has 0 bridgehead atoms. The Hall–Kier alpha value is -2.38. The number of methoxy groups -OCH3 is 1. The second-order valence-corrected chi connectivity index (χ2v) is 8.96. The minimum absolute atomic E-state index is 0.106. The van der Waals surface area contributed by atoms with Crippen molar-refractivity contribution in [2.45, 2.75) is 30.7 Å². The summed E-state index contributed by atoms with van der Waals surface area (Å²) in [6.45, 7) is 2.55. The Morgan fingerprint density at radius 2 is 1.82 bits per heavy atom. The molecule has 0 saturated carbocycles. The van der Waals surface area contributed by atoms with E-state index in [2.05, 4.69) is 5.32 Å². The summed E-state index contributed by atoms with van der Waals surface area (Å²) in [5, 5.41) is 3.02. The zero-order chi connectivity index (χ0) is 20.1. The van der Waals surface area contributed by atoms with Gasteiger partial charge in [-0.25, -0.2) is 8.42 Å². The number of carbonyl (C=O) groups is 1. The summed E-state index contributed by atoms with van der Waals surface area (Å²) < 4.78 is 32.4. The minimum atomic E-state index is -3.64. The van der Waals surface area contributed by atoms with Gasteiger partial charge in [-0.2, -0.15) is 4.31 Å². The maximum Gasteiger partial charge on any atom is 0.243 e. The Kier molecular flexibility index (Phi) is 6.36. The number of benzene rings is 2. The molecule has 1 N–H and O–H groups in total. The molecule has 1 fully saturated rings. The van der Waals surface area contributed by atoms with E-state index in [1.165, 1.54) is 23.5 Å². The molecule has 2 aromatic carbocycles. The molecule has 1 saturated heterocycles. The van der Waals surface area contributed by atoms with Crippen LogP contribution in [0, 0.1) is 5.92 Å². The number of sulfonamides is 1. The van der Waals surface area contributed by atoms with Crippen molar-refractivity contribution in [1.29, 1.82) is 0 Å². The first-order valence-electron chi connectivity index (χ1n) is 9.41. The smallest absolute Gasteiger partial charge is 0.243 e. The van der Waals surface area contributed by atoms with Crippen LogP contribution in [0.4, 0.5) is 0 Å². The predicted octanol–water partition coefficient (Wildman–Crippen LogP) is 2.97. The van der Waals surface area contributed by atoms with Crippen LogP contribution >= 0.6 is 0 Å². The van der Waals surface area contributed by atoms with E-state index in [0.29, 0.717) is 25.1 Å². The fourth-order valence-electron chi connectivity index (χ4n) is 3.43. The van der Waals surface area contributed by atoms with Gasteiger partial charge in [0, 0.05) is 13.1 Å². The zero-order valence-corrected chi connectivity index (χ0v) is 17.0. The first kappa shape index (κ1) is 20.4. The van der Waals surface area contributed by atoms with E-state index >= 15 is 0 Å². The van der Waals surface area contributed by atoms with Gasteiger partial charge in [-0.1, -0.05) is 30.3 Å². The molecule has 2 atom stereocenters. The average Bonchev–Trinajstić information content (AvgIpc) is 2.74. The van der Waals surface area contributed by atoms with Gasteiger partial charge in [0.25, 0.3) is 0 Å². The van der Waals surface area contributed by atoms with Crippen LogP contribution in [0.5, 0.6) is 5.75 Å². The van der Waals surface area contributed by atoms with Gasteiger partial charge in [0.2, 0.25) is 15.9 Å². The van der Waals surface area contributed by atoms with E-state index in [1.54, 1.807) is 12.1 Å². The van der Waals surface area contributed by atoms with E-state index in [4.69, 9.17) is 4.74 Å². The third-order valence-corrected chi connectivity index (χ3v) is 6.99. The SMILES string of the molecule is COc1ccc(S(=O)(=O)N2CCCC(C(=O)NC(C)c3ccccc3)C2)cc1. The molecular formula is C21H26N2O4S. The highest BCUT2D eigenvalue weighted by molar-refractivity contribution is 7.89. The summed E-state index contributed by atoms with van der Waals surface area (Å²) in [5.41, 5.74) is 1.02. The van der Waals surface area contributed by atoms with Crippen LogP contribution in [0.15, 0.2) is 59.5 Å². The molecule has 0 aromatic heterocycles. The van der Waals surface area contributed by atoms with Gasteiger partial charge in [-0.05, 0) is 49.6 Å². The van der Waals surface area contributed by atoms with Crippen molar-refractivity contribution >= 4 is 15.9 Å². The van der Waals surface area contributed by atoms with Crippen LogP contribution in [0.25, 0.3) is 0 Å². The fourth-order valence-corrected chi connectivity index (χ4v) is 4.95. The lowest BCUT2D eigenvalue weighted by Gasteiger charge is -2.32. The van der Waals surface area contributed by atoms with Crippen molar-refractivity contribution in [1.82, 2.24) is 9.62 Å². The number of hydrogen-bond acceptors (Lipinski definition) is 4. The largest absolute Gasteiger partial charge is 0.497 e. The molecule has 7 heteroatoms. The van der Waals surface area contributed by atoms with Crippen LogP contribution in [0.2, 0.25) is 0 Å².